The van der Waals surface area contributed by atoms with Gasteiger partial charge in [-0.05, 0) is 12.8 Å². The molecule has 0 saturated heterocycles. The van der Waals surface area contributed by atoms with Crippen LogP contribution in [0.1, 0.15) is 508 Å². The van der Waals surface area contributed by atoms with Crippen LogP contribution >= 0.6 is 7.82 Å². The fourth-order valence-corrected chi connectivity index (χ4v) is 15.0. The normalized spacial score (nSPS) is 12.7. The number of rotatable bonds is 86. The summed E-state index contributed by atoms with van der Waals surface area (Å²) in [5.41, 5.74) is 5.42. The van der Waals surface area contributed by atoms with E-state index in [4.69, 9.17) is 24.3 Å². The molecule has 0 aromatic rings. The zero-order chi connectivity index (χ0) is 69.3. The summed E-state index contributed by atoms with van der Waals surface area (Å²) in [7, 11) is -4.39. The summed E-state index contributed by atoms with van der Waals surface area (Å²) in [5, 5.41) is 0. The van der Waals surface area contributed by atoms with Crippen LogP contribution in [0.4, 0.5) is 0 Å². The summed E-state index contributed by atoms with van der Waals surface area (Å²) in [5.74, 6) is -0.792. The first-order valence-electron chi connectivity index (χ1n) is 44.0. The van der Waals surface area contributed by atoms with Gasteiger partial charge in [-0.2, -0.15) is 0 Å². The number of carbonyl (C=O) groups is 2. The maximum atomic E-state index is 12.8. The summed E-state index contributed by atoms with van der Waals surface area (Å²) in [4.78, 5) is 35.5. The number of phosphoric acid groups is 1. The van der Waals surface area contributed by atoms with Crippen LogP contribution in [0.2, 0.25) is 0 Å². The Bertz CT molecular complexity index is 1530. The summed E-state index contributed by atoms with van der Waals surface area (Å²) >= 11 is 0. The molecular weight excluding hydrogens is 1210 g/mol. The third kappa shape index (κ3) is 82.0. The van der Waals surface area contributed by atoms with Gasteiger partial charge in [0.15, 0.2) is 6.10 Å². The molecule has 0 spiro atoms. The van der Waals surface area contributed by atoms with Gasteiger partial charge in [0.2, 0.25) is 0 Å². The van der Waals surface area contributed by atoms with E-state index in [1.807, 2.05) is 0 Å². The second kappa shape index (κ2) is 83.0. The predicted molar refractivity (Wildman–Crippen MR) is 418 cm³/mol. The molecule has 574 valence electrons. The Morgan fingerprint density at radius 1 is 0.271 bits per heavy atom. The van der Waals surface area contributed by atoms with E-state index >= 15 is 0 Å². The lowest BCUT2D eigenvalue weighted by Gasteiger charge is -2.19. The largest absolute Gasteiger partial charge is 0.472 e. The van der Waals surface area contributed by atoms with E-state index in [-0.39, 0.29) is 32.1 Å². The molecule has 96 heavy (non-hydrogen) atoms. The minimum absolute atomic E-state index is 0.0590. The van der Waals surface area contributed by atoms with Gasteiger partial charge in [-0.3, -0.25) is 18.6 Å². The van der Waals surface area contributed by atoms with Crippen LogP contribution in [-0.4, -0.2) is 49.3 Å². The Labute approximate surface area is 600 Å². The summed E-state index contributed by atoms with van der Waals surface area (Å²) in [6, 6.07) is 0. The first kappa shape index (κ1) is 95.0. The van der Waals surface area contributed by atoms with E-state index in [1.165, 1.54) is 443 Å². The first-order chi connectivity index (χ1) is 47.3. The van der Waals surface area contributed by atoms with E-state index in [9.17, 15) is 19.0 Å². The average molecular weight is 1380 g/mol. The molecule has 0 radical (unpaired) electrons. The molecule has 3 N–H and O–H groups in total. The molecule has 0 rings (SSSR count). The van der Waals surface area contributed by atoms with Crippen molar-refractivity contribution in [3.63, 3.8) is 0 Å². The lowest BCUT2D eigenvalue weighted by atomic mass is 10.0. The van der Waals surface area contributed by atoms with Gasteiger partial charge in [0, 0.05) is 19.4 Å². The molecule has 0 fully saturated rings. The molecule has 2 unspecified atom stereocenters. The molecule has 2 atom stereocenters. The monoisotopic (exact) mass is 1380 g/mol. The van der Waals surface area contributed by atoms with E-state index in [0.29, 0.717) is 12.8 Å². The van der Waals surface area contributed by atoms with Crippen LogP contribution in [0.5, 0.6) is 0 Å². The maximum absolute atomic E-state index is 12.8. The minimum atomic E-state index is -4.39. The molecule has 10 heteroatoms. The van der Waals surface area contributed by atoms with E-state index in [2.05, 4.69) is 13.8 Å². The van der Waals surface area contributed by atoms with E-state index < -0.39 is 26.5 Å². The van der Waals surface area contributed by atoms with Crippen LogP contribution in [0.15, 0.2) is 0 Å². The van der Waals surface area contributed by atoms with Crippen LogP contribution < -0.4 is 5.73 Å². The summed E-state index contributed by atoms with van der Waals surface area (Å²) < 4.78 is 33.3. The van der Waals surface area contributed by atoms with Crippen molar-refractivity contribution in [1.29, 1.82) is 0 Å². The van der Waals surface area contributed by atoms with E-state index in [1.54, 1.807) is 0 Å². The number of hydrogen-bond acceptors (Lipinski definition) is 8. The molecule has 0 heterocycles. The lowest BCUT2D eigenvalue weighted by Crippen LogP contribution is -2.29. The Balaban J connectivity index is 3.67. The third-order valence-corrected chi connectivity index (χ3v) is 21.7. The molecule has 0 aromatic carbocycles. The van der Waals surface area contributed by atoms with Crippen molar-refractivity contribution in [2.24, 2.45) is 5.73 Å². The summed E-state index contributed by atoms with van der Waals surface area (Å²) in [6.45, 7) is 3.87. The minimum Gasteiger partial charge on any atom is -0.462 e. The van der Waals surface area contributed by atoms with Crippen molar-refractivity contribution in [3.05, 3.63) is 0 Å². The molecule has 0 aliphatic carbocycles. The van der Waals surface area contributed by atoms with Gasteiger partial charge in [0.1, 0.15) is 6.61 Å². The Hall–Kier alpha value is -0.990. The van der Waals surface area contributed by atoms with Gasteiger partial charge in [-0.15, -0.1) is 0 Å². The molecule has 9 nitrogen and oxygen atoms in total. The lowest BCUT2D eigenvalue weighted by molar-refractivity contribution is -0.161. The SMILES string of the molecule is CCCCCCCCCCCCCCCCCCCCCCCCCCCCCCCCCCCCCCCCCCCC(=O)OC(COC(=O)CCCCCCCCCCCCCCCCCCCCCCCCCCCCCCCCCCCC)COP(=O)(O)OCCN. The first-order valence-corrected chi connectivity index (χ1v) is 45.5. The molecule has 0 bridgehead atoms. The smallest absolute Gasteiger partial charge is 0.462 e. The van der Waals surface area contributed by atoms with Crippen molar-refractivity contribution in [1.82, 2.24) is 0 Å². The third-order valence-electron chi connectivity index (χ3n) is 20.7. The standard InChI is InChI=1S/C86H172NO8P/c1-3-5-7-9-11-13-15-17-19-21-23-25-27-29-31-33-35-37-39-40-41-42-43-44-45-47-49-51-53-55-57-59-61-63-65-67-69-71-73-75-77-79-86(89)95-84(83-94-96(90,91)93-81-80-87)82-92-85(88)78-76-74-72-70-68-66-64-62-60-58-56-54-52-50-48-46-38-36-34-32-30-28-26-24-22-20-18-16-14-12-10-8-6-4-2/h84H,3-83,87H2,1-2H3,(H,90,91). The van der Waals surface area contributed by atoms with Crippen LogP contribution in [0.25, 0.3) is 0 Å². The van der Waals surface area contributed by atoms with Crippen LogP contribution in [0, 0.1) is 0 Å². The van der Waals surface area contributed by atoms with Crippen LogP contribution in [0.3, 0.4) is 0 Å². The van der Waals surface area contributed by atoms with Crippen molar-refractivity contribution in [2.45, 2.75) is 514 Å². The molecular formula is C86H172NO8P. The van der Waals surface area contributed by atoms with Crippen molar-refractivity contribution in [2.75, 3.05) is 26.4 Å². The van der Waals surface area contributed by atoms with Gasteiger partial charge >= 0.3 is 19.8 Å². The number of nitrogens with two attached hydrogens (primary N) is 1. The zero-order valence-corrected chi connectivity index (χ0v) is 66.1. The highest BCUT2D eigenvalue weighted by molar-refractivity contribution is 7.47. The van der Waals surface area contributed by atoms with Crippen molar-refractivity contribution in [3.8, 4) is 0 Å². The highest BCUT2D eigenvalue weighted by Gasteiger charge is 2.26. The molecule has 0 saturated carbocycles. The number of ether oxygens (including phenoxy) is 2. The molecule has 0 aliphatic heterocycles. The average Bonchev–Trinajstić information content (AvgIpc) is 2.32. The Morgan fingerprint density at radius 3 is 0.635 bits per heavy atom. The Morgan fingerprint density at radius 2 is 0.448 bits per heavy atom. The number of phosphoric ester groups is 1. The predicted octanol–water partition coefficient (Wildman–Crippen LogP) is 29.6. The topological polar surface area (TPSA) is 134 Å². The highest BCUT2D eigenvalue weighted by atomic mass is 31.2. The quantitative estimate of drug-likeness (QED) is 0.0347. The Kier molecular flexibility index (Phi) is 82.1. The van der Waals surface area contributed by atoms with Crippen molar-refractivity contribution >= 4 is 19.8 Å². The van der Waals surface area contributed by atoms with E-state index in [0.717, 1.165) is 32.1 Å². The number of unbranched alkanes of at least 4 members (excludes halogenated alkanes) is 73. The summed E-state index contributed by atoms with van der Waals surface area (Å²) in [6.07, 6.45) is 103. The van der Waals surface area contributed by atoms with Crippen molar-refractivity contribution < 1.29 is 37.6 Å². The maximum Gasteiger partial charge on any atom is 0.472 e. The number of hydrogen-bond donors (Lipinski definition) is 2. The molecule has 0 aromatic heterocycles. The van der Waals surface area contributed by atoms with Gasteiger partial charge in [-0.1, -0.05) is 483 Å². The second-order valence-electron chi connectivity index (χ2n) is 30.5. The fraction of sp³-hybridized carbons (Fsp3) is 0.977. The molecule has 0 aliphatic rings. The number of carbonyl (C=O) groups excluding carboxylic acids is 2. The highest BCUT2D eigenvalue weighted by Crippen LogP contribution is 2.43. The van der Waals surface area contributed by atoms with Crippen LogP contribution in [-0.2, 0) is 32.7 Å². The van der Waals surface area contributed by atoms with Gasteiger partial charge in [-0.25, -0.2) is 4.57 Å². The zero-order valence-electron chi connectivity index (χ0n) is 65.2. The molecule has 0 amide bonds. The van der Waals surface area contributed by atoms with Gasteiger partial charge in [0.05, 0.1) is 13.2 Å². The van der Waals surface area contributed by atoms with Gasteiger partial charge in [0.25, 0.3) is 0 Å². The fourth-order valence-electron chi connectivity index (χ4n) is 14.2. The second-order valence-corrected chi connectivity index (χ2v) is 31.9. The number of esters is 2. The van der Waals surface area contributed by atoms with Gasteiger partial charge < -0.3 is 20.1 Å².